The monoisotopic (exact) mass is 128 g/mol. The first-order chi connectivity index (χ1) is 4.16. The Balaban J connectivity index is 2.13. The fraction of sp³-hybridized carbons (Fsp3) is 1.00. The number of hydrogen-bond donors (Lipinski definition) is 3. The smallest absolute Gasteiger partial charge is 0.133 e. The van der Waals surface area contributed by atoms with E-state index in [2.05, 4.69) is 5.32 Å². The summed E-state index contributed by atoms with van der Waals surface area (Å²) < 4.78 is 0. The third-order valence-electron chi connectivity index (χ3n) is 2.52. The lowest BCUT2D eigenvalue weighted by atomic mass is 10.2. The molecule has 2 rings (SSSR count). The van der Waals surface area contributed by atoms with Crippen LogP contribution in [-0.2, 0) is 0 Å². The van der Waals surface area contributed by atoms with Gasteiger partial charge in [-0.3, -0.25) is 0 Å². The predicted molar refractivity (Wildman–Crippen MR) is 33.7 cm³/mol. The highest BCUT2D eigenvalue weighted by Gasteiger charge is 2.65. The lowest BCUT2D eigenvalue weighted by molar-refractivity contribution is 0.124. The Hall–Kier alpha value is -0.120. The van der Waals surface area contributed by atoms with Crippen molar-refractivity contribution in [1.82, 2.24) is 5.32 Å². The molecule has 3 nitrogen and oxygen atoms in total. The summed E-state index contributed by atoms with van der Waals surface area (Å²) in [6.45, 7) is 1.01. The molecule has 1 aliphatic heterocycles. The number of aliphatic hydroxyl groups is 1. The minimum Gasteiger partial charge on any atom is -0.374 e. The van der Waals surface area contributed by atoms with Gasteiger partial charge in [0.25, 0.3) is 0 Å². The first-order valence-corrected chi connectivity index (χ1v) is 3.43. The van der Waals surface area contributed by atoms with E-state index in [-0.39, 0.29) is 5.54 Å². The van der Waals surface area contributed by atoms with Crippen LogP contribution in [0.4, 0.5) is 0 Å². The summed E-state index contributed by atoms with van der Waals surface area (Å²) in [5.41, 5.74) is 4.54. The number of nitrogens with one attached hydrogen (secondary N) is 1. The van der Waals surface area contributed by atoms with Crippen LogP contribution < -0.4 is 11.1 Å². The fourth-order valence-corrected chi connectivity index (χ4v) is 1.74. The number of hydrogen-bond acceptors (Lipinski definition) is 3. The van der Waals surface area contributed by atoms with Gasteiger partial charge >= 0.3 is 0 Å². The van der Waals surface area contributed by atoms with Gasteiger partial charge in [-0.1, -0.05) is 0 Å². The highest BCUT2D eigenvalue weighted by atomic mass is 16.3. The normalized spacial score (nSPS) is 56.7. The summed E-state index contributed by atoms with van der Waals surface area (Å²) in [5, 5.41) is 12.5. The van der Waals surface area contributed by atoms with Gasteiger partial charge in [-0.25, -0.2) is 0 Å². The van der Waals surface area contributed by atoms with Crippen molar-refractivity contribution in [2.24, 2.45) is 5.73 Å². The van der Waals surface area contributed by atoms with E-state index in [4.69, 9.17) is 5.73 Å². The van der Waals surface area contributed by atoms with E-state index in [1.54, 1.807) is 0 Å². The number of nitrogens with two attached hydrogens (primary N) is 1. The second-order valence-corrected chi connectivity index (χ2v) is 3.21. The fourth-order valence-electron chi connectivity index (χ4n) is 1.74. The molecule has 0 amide bonds. The van der Waals surface area contributed by atoms with E-state index in [1.807, 2.05) is 0 Å². The van der Waals surface area contributed by atoms with E-state index >= 15 is 0 Å². The minimum absolute atomic E-state index is 0.0764. The maximum atomic E-state index is 9.30. The molecule has 2 fully saturated rings. The quantitative estimate of drug-likeness (QED) is 0.373. The predicted octanol–water partition coefficient (Wildman–Crippen LogP) is -0.840. The van der Waals surface area contributed by atoms with Crippen molar-refractivity contribution in [2.75, 3.05) is 6.54 Å². The van der Waals surface area contributed by atoms with E-state index in [1.165, 1.54) is 0 Å². The molecule has 1 spiro atoms. The largest absolute Gasteiger partial charge is 0.374 e. The van der Waals surface area contributed by atoms with E-state index in [9.17, 15) is 5.11 Å². The minimum atomic E-state index is -0.885. The maximum Gasteiger partial charge on any atom is 0.133 e. The lowest BCUT2D eigenvalue weighted by Gasteiger charge is -2.10. The van der Waals surface area contributed by atoms with Crippen LogP contribution >= 0.6 is 0 Å². The highest BCUT2D eigenvalue weighted by Crippen LogP contribution is 2.48. The molecule has 0 aromatic rings. The zero-order chi connectivity index (χ0) is 6.54. The van der Waals surface area contributed by atoms with E-state index in [0.29, 0.717) is 0 Å². The Bertz CT molecular complexity index is 132. The van der Waals surface area contributed by atoms with Gasteiger partial charge in [-0.15, -0.1) is 0 Å². The average molecular weight is 128 g/mol. The Morgan fingerprint density at radius 2 is 2.22 bits per heavy atom. The van der Waals surface area contributed by atoms with Crippen LogP contribution in [0.3, 0.4) is 0 Å². The average Bonchev–Trinajstić information content (AvgIpc) is 2.27. The number of rotatable bonds is 0. The van der Waals surface area contributed by atoms with Crippen LogP contribution in [-0.4, -0.2) is 22.9 Å². The van der Waals surface area contributed by atoms with Crippen molar-refractivity contribution in [3.63, 3.8) is 0 Å². The molecular weight excluding hydrogens is 116 g/mol. The molecule has 3 heteroatoms. The molecule has 9 heavy (non-hydrogen) atoms. The Morgan fingerprint density at radius 1 is 1.56 bits per heavy atom. The molecule has 1 heterocycles. The Labute approximate surface area is 54.2 Å². The second-order valence-electron chi connectivity index (χ2n) is 3.21. The van der Waals surface area contributed by atoms with Gasteiger partial charge in [0, 0.05) is 6.42 Å². The van der Waals surface area contributed by atoms with Crippen LogP contribution in [0, 0.1) is 0 Å². The second kappa shape index (κ2) is 1.31. The Morgan fingerprint density at radius 3 is 2.44 bits per heavy atom. The Kier molecular flexibility index (Phi) is 0.822. The molecule has 0 bridgehead atoms. The van der Waals surface area contributed by atoms with Crippen molar-refractivity contribution in [3.8, 4) is 0 Å². The molecule has 52 valence electrons. The van der Waals surface area contributed by atoms with Crippen LogP contribution in [0.15, 0.2) is 0 Å². The maximum absolute atomic E-state index is 9.30. The summed E-state index contributed by atoms with van der Waals surface area (Å²) in [5.74, 6) is 0. The van der Waals surface area contributed by atoms with Crippen LogP contribution in [0.1, 0.15) is 19.3 Å². The summed E-state index contributed by atoms with van der Waals surface area (Å²) in [6, 6.07) is 0. The van der Waals surface area contributed by atoms with Gasteiger partial charge in [0.15, 0.2) is 0 Å². The van der Waals surface area contributed by atoms with Crippen LogP contribution in [0.2, 0.25) is 0 Å². The molecule has 0 radical (unpaired) electrons. The summed E-state index contributed by atoms with van der Waals surface area (Å²) >= 11 is 0. The van der Waals surface area contributed by atoms with Crippen molar-refractivity contribution < 1.29 is 5.11 Å². The zero-order valence-electron chi connectivity index (χ0n) is 5.35. The van der Waals surface area contributed by atoms with Crippen LogP contribution in [0.25, 0.3) is 0 Å². The molecule has 1 saturated carbocycles. The van der Waals surface area contributed by atoms with Gasteiger partial charge in [-0.2, -0.15) is 0 Å². The molecule has 2 unspecified atom stereocenters. The van der Waals surface area contributed by atoms with Crippen molar-refractivity contribution in [1.29, 1.82) is 0 Å². The zero-order valence-corrected chi connectivity index (χ0v) is 5.35. The van der Waals surface area contributed by atoms with Gasteiger partial charge in [-0.05, 0) is 19.4 Å². The summed E-state index contributed by atoms with van der Waals surface area (Å²) in [6.07, 6.45) is 2.93. The van der Waals surface area contributed by atoms with Gasteiger partial charge < -0.3 is 16.2 Å². The standard InChI is InChI=1S/C6H12N2O/c7-6(9)4-5(6)2-1-3-8-5/h8-9H,1-4,7H2. The first kappa shape index (κ1) is 5.65. The van der Waals surface area contributed by atoms with Crippen molar-refractivity contribution in [2.45, 2.75) is 30.5 Å². The van der Waals surface area contributed by atoms with Gasteiger partial charge in [0.05, 0.1) is 5.54 Å². The molecule has 1 aliphatic carbocycles. The van der Waals surface area contributed by atoms with Crippen LogP contribution in [0.5, 0.6) is 0 Å². The van der Waals surface area contributed by atoms with E-state index in [0.717, 1.165) is 25.8 Å². The summed E-state index contributed by atoms with van der Waals surface area (Å²) in [7, 11) is 0. The molecule has 1 saturated heterocycles. The molecule has 2 atom stereocenters. The van der Waals surface area contributed by atoms with E-state index < -0.39 is 5.72 Å². The molecule has 0 aromatic heterocycles. The molecule has 0 aromatic carbocycles. The third-order valence-corrected chi connectivity index (χ3v) is 2.52. The van der Waals surface area contributed by atoms with Gasteiger partial charge in [0.1, 0.15) is 5.72 Å². The van der Waals surface area contributed by atoms with Crippen molar-refractivity contribution in [3.05, 3.63) is 0 Å². The molecule has 2 aliphatic rings. The summed E-state index contributed by atoms with van der Waals surface area (Å²) in [4.78, 5) is 0. The molecular formula is C6H12N2O. The lowest BCUT2D eigenvalue weighted by Crippen LogP contribution is -2.40. The third kappa shape index (κ3) is 0.569. The first-order valence-electron chi connectivity index (χ1n) is 3.43. The SMILES string of the molecule is NC1(O)CC12CCCN2. The van der Waals surface area contributed by atoms with Crippen molar-refractivity contribution >= 4 is 0 Å². The molecule has 4 N–H and O–H groups in total. The highest BCUT2D eigenvalue weighted by molar-refractivity contribution is 5.21. The topological polar surface area (TPSA) is 58.3 Å². The van der Waals surface area contributed by atoms with Gasteiger partial charge in [0.2, 0.25) is 0 Å².